The van der Waals surface area contributed by atoms with Crippen LogP contribution in [0.2, 0.25) is 10.2 Å². The second-order valence-corrected chi connectivity index (χ2v) is 6.17. The molecule has 0 unspecified atom stereocenters. The van der Waals surface area contributed by atoms with Gasteiger partial charge in [0.15, 0.2) is 0 Å². The first-order chi connectivity index (χ1) is 7.79. The number of halogens is 2. The van der Waals surface area contributed by atoms with Gasteiger partial charge in [-0.05, 0) is 41.7 Å². The lowest BCUT2D eigenvalue weighted by molar-refractivity contribution is 0.589. The predicted octanol–water partition coefficient (Wildman–Crippen LogP) is 5.15. The standard InChI is InChI=1S/C14H15Cl2N/c1-8-5-10(15)6-9-7-11(14(2,3)4)13(16)17-12(8)9/h5-7H,1-4H3. The molecule has 0 bridgehead atoms. The molecule has 0 aliphatic carbocycles. The maximum Gasteiger partial charge on any atom is 0.133 e. The van der Waals surface area contributed by atoms with Crippen LogP contribution in [-0.4, -0.2) is 4.98 Å². The molecular weight excluding hydrogens is 253 g/mol. The van der Waals surface area contributed by atoms with E-state index in [-0.39, 0.29) is 5.41 Å². The third kappa shape index (κ3) is 2.41. The van der Waals surface area contributed by atoms with Crippen LogP contribution in [0.3, 0.4) is 0 Å². The van der Waals surface area contributed by atoms with Gasteiger partial charge in [0.2, 0.25) is 0 Å². The molecule has 0 N–H and O–H groups in total. The maximum atomic E-state index is 6.26. The summed E-state index contributed by atoms with van der Waals surface area (Å²) in [6.45, 7) is 8.37. The van der Waals surface area contributed by atoms with Gasteiger partial charge in [-0.3, -0.25) is 0 Å². The topological polar surface area (TPSA) is 12.9 Å². The molecule has 2 aromatic rings. The van der Waals surface area contributed by atoms with Crippen molar-refractivity contribution in [3.8, 4) is 0 Å². The third-order valence-electron chi connectivity index (χ3n) is 2.83. The van der Waals surface area contributed by atoms with Gasteiger partial charge in [0.05, 0.1) is 5.52 Å². The van der Waals surface area contributed by atoms with Crippen molar-refractivity contribution in [2.75, 3.05) is 0 Å². The van der Waals surface area contributed by atoms with E-state index in [4.69, 9.17) is 23.2 Å². The highest BCUT2D eigenvalue weighted by Gasteiger charge is 2.19. The monoisotopic (exact) mass is 267 g/mol. The second kappa shape index (κ2) is 4.15. The van der Waals surface area contributed by atoms with Gasteiger partial charge in [-0.15, -0.1) is 0 Å². The van der Waals surface area contributed by atoms with Crippen LogP contribution < -0.4 is 0 Å². The lowest BCUT2D eigenvalue weighted by Crippen LogP contribution is -2.12. The van der Waals surface area contributed by atoms with E-state index in [0.29, 0.717) is 5.15 Å². The van der Waals surface area contributed by atoms with E-state index in [0.717, 1.165) is 27.1 Å². The molecule has 1 aromatic carbocycles. The molecule has 90 valence electrons. The lowest BCUT2D eigenvalue weighted by Gasteiger charge is -2.20. The summed E-state index contributed by atoms with van der Waals surface area (Å²) < 4.78 is 0. The van der Waals surface area contributed by atoms with Crippen LogP contribution in [0.25, 0.3) is 10.9 Å². The molecule has 3 heteroatoms. The molecule has 0 spiro atoms. The number of fused-ring (bicyclic) bond motifs is 1. The minimum absolute atomic E-state index is 0.0193. The van der Waals surface area contributed by atoms with Crippen molar-refractivity contribution in [3.63, 3.8) is 0 Å². The Balaban J connectivity index is 2.81. The molecule has 17 heavy (non-hydrogen) atoms. The van der Waals surface area contributed by atoms with Crippen molar-refractivity contribution in [3.05, 3.63) is 39.5 Å². The van der Waals surface area contributed by atoms with Gasteiger partial charge in [0.1, 0.15) is 5.15 Å². The molecular formula is C14H15Cl2N. The minimum Gasteiger partial charge on any atom is -0.236 e. The molecule has 1 aromatic heterocycles. The molecule has 0 aliphatic rings. The fraction of sp³-hybridized carbons (Fsp3) is 0.357. The van der Waals surface area contributed by atoms with Crippen molar-refractivity contribution < 1.29 is 0 Å². The van der Waals surface area contributed by atoms with Crippen molar-refractivity contribution in [1.82, 2.24) is 4.98 Å². The molecule has 0 amide bonds. The van der Waals surface area contributed by atoms with Crippen molar-refractivity contribution in [2.45, 2.75) is 33.1 Å². The lowest BCUT2D eigenvalue weighted by atomic mass is 9.87. The average Bonchev–Trinajstić information content (AvgIpc) is 2.16. The molecule has 0 saturated carbocycles. The van der Waals surface area contributed by atoms with Gasteiger partial charge in [0.25, 0.3) is 0 Å². The van der Waals surface area contributed by atoms with E-state index in [9.17, 15) is 0 Å². The number of aromatic nitrogens is 1. The summed E-state index contributed by atoms with van der Waals surface area (Å²) in [7, 11) is 0. The molecule has 0 saturated heterocycles. The van der Waals surface area contributed by atoms with Crippen molar-refractivity contribution >= 4 is 34.1 Å². The number of nitrogens with zero attached hydrogens (tertiary/aromatic N) is 1. The third-order valence-corrected chi connectivity index (χ3v) is 3.34. The Morgan fingerprint density at radius 1 is 1.06 bits per heavy atom. The first-order valence-electron chi connectivity index (χ1n) is 5.56. The summed E-state index contributed by atoms with van der Waals surface area (Å²) in [6.07, 6.45) is 0. The van der Waals surface area contributed by atoms with E-state index >= 15 is 0 Å². The van der Waals surface area contributed by atoms with Gasteiger partial charge in [0, 0.05) is 10.4 Å². The average molecular weight is 268 g/mol. The van der Waals surface area contributed by atoms with E-state index in [1.54, 1.807) is 0 Å². The fourth-order valence-corrected chi connectivity index (χ4v) is 2.63. The molecule has 1 nitrogen and oxygen atoms in total. The Bertz CT molecular complexity index is 583. The van der Waals surface area contributed by atoms with E-state index in [1.807, 2.05) is 19.1 Å². The Morgan fingerprint density at radius 3 is 2.29 bits per heavy atom. The number of pyridine rings is 1. The van der Waals surface area contributed by atoms with Crippen LogP contribution in [0.1, 0.15) is 31.9 Å². The normalized spacial score (nSPS) is 12.1. The summed E-state index contributed by atoms with van der Waals surface area (Å²) in [5.74, 6) is 0. The smallest absolute Gasteiger partial charge is 0.133 e. The Morgan fingerprint density at radius 2 is 1.71 bits per heavy atom. The van der Waals surface area contributed by atoms with E-state index < -0.39 is 0 Å². The number of benzene rings is 1. The van der Waals surface area contributed by atoms with Crippen LogP contribution >= 0.6 is 23.2 Å². The van der Waals surface area contributed by atoms with Gasteiger partial charge in [-0.1, -0.05) is 44.0 Å². The van der Waals surface area contributed by atoms with Gasteiger partial charge in [-0.25, -0.2) is 4.98 Å². The highest BCUT2D eigenvalue weighted by Crippen LogP contribution is 2.32. The summed E-state index contributed by atoms with van der Waals surface area (Å²) in [6, 6.07) is 5.93. The number of rotatable bonds is 0. The Kier molecular flexibility index (Phi) is 3.09. The first kappa shape index (κ1) is 12.7. The molecule has 1 heterocycles. The summed E-state index contributed by atoms with van der Waals surface area (Å²) in [5.41, 5.74) is 3.00. The Labute approximate surface area is 112 Å². The maximum absolute atomic E-state index is 6.26. The van der Waals surface area contributed by atoms with E-state index in [2.05, 4.69) is 31.8 Å². The molecule has 2 rings (SSSR count). The van der Waals surface area contributed by atoms with Crippen LogP contribution in [-0.2, 0) is 5.41 Å². The van der Waals surface area contributed by atoms with Crippen LogP contribution in [0.4, 0.5) is 0 Å². The quantitative estimate of drug-likeness (QED) is 0.602. The number of hydrogen-bond acceptors (Lipinski definition) is 1. The van der Waals surface area contributed by atoms with Crippen LogP contribution in [0.15, 0.2) is 18.2 Å². The van der Waals surface area contributed by atoms with Gasteiger partial charge >= 0.3 is 0 Å². The largest absolute Gasteiger partial charge is 0.236 e. The van der Waals surface area contributed by atoms with Crippen molar-refractivity contribution in [2.24, 2.45) is 0 Å². The summed E-state index contributed by atoms with van der Waals surface area (Å²) in [5, 5.41) is 2.36. The van der Waals surface area contributed by atoms with Gasteiger partial charge in [-0.2, -0.15) is 0 Å². The SMILES string of the molecule is Cc1cc(Cl)cc2cc(C(C)(C)C)c(Cl)nc12. The first-order valence-corrected chi connectivity index (χ1v) is 6.31. The zero-order valence-corrected chi connectivity index (χ0v) is 11.9. The van der Waals surface area contributed by atoms with Crippen LogP contribution in [0.5, 0.6) is 0 Å². The number of hydrogen-bond donors (Lipinski definition) is 0. The Hall–Kier alpha value is -0.790. The zero-order chi connectivity index (χ0) is 12.8. The molecule has 0 atom stereocenters. The molecule has 0 fully saturated rings. The fourth-order valence-electron chi connectivity index (χ4n) is 1.92. The van der Waals surface area contributed by atoms with Gasteiger partial charge < -0.3 is 0 Å². The minimum atomic E-state index is -0.0193. The highest BCUT2D eigenvalue weighted by atomic mass is 35.5. The number of aryl methyl sites for hydroxylation is 1. The molecule has 0 radical (unpaired) electrons. The predicted molar refractivity (Wildman–Crippen MR) is 75.2 cm³/mol. The summed E-state index contributed by atoms with van der Waals surface area (Å²) >= 11 is 12.3. The van der Waals surface area contributed by atoms with Crippen molar-refractivity contribution in [1.29, 1.82) is 0 Å². The van der Waals surface area contributed by atoms with E-state index in [1.165, 1.54) is 0 Å². The van der Waals surface area contributed by atoms with Crippen LogP contribution in [0, 0.1) is 6.92 Å². The summed E-state index contributed by atoms with van der Waals surface area (Å²) in [4.78, 5) is 4.49. The second-order valence-electron chi connectivity index (χ2n) is 5.37. The highest BCUT2D eigenvalue weighted by molar-refractivity contribution is 6.32. The zero-order valence-electron chi connectivity index (χ0n) is 10.4. The molecule has 0 aliphatic heterocycles.